The Balaban J connectivity index is 2.39. The van der Waals surface area contributed by atoms with Crippen molar-refractivity contribution in [2.45, 2.75) is 90.1 Å². The van der Waals surface area contributed by atoms with Gasteiger partial charge >= 0.3 is 0 Å². The van der Waals surface area contributed by atoms with Crippen molar-refractivity contribution in [2.75, 3.05) is 0 Å². The molecule has 2 fully saturated rings. The van der Waals surface area contributed by atoms with Crippen molar-refractivity contribution in [3.8, 4) is 0 Å². The highest BCUT2D eigenvalue weighted by Crippen LogP contribution is 2.64. The molecule has 0 aromatic rings. The summed E-state index contributed by atoms with van der Waals surface area (Å²) in [6.07, 6.45) is 3.25. The summed E-state index contributed by atoms with van der Waals surface area (Å²) in [6, 6.07) is 0. The SMILES string of the molecule is C=CC(C)(O)CCC1(C)C(C)CCC2(C)C1CC(O)C(O)C2(C)O. The van der Waals surface area contributed by atoms with Crippen LogP contribution in [0.3, 0.4) is 0 Å². The summed E-state index contributed by atoms with van der Waals surface area (Å²) in [5, 5.41) is 42.2. The second-order valence-electron chi connectivity index (χ2n) is 9.37. The third kappa shape index (κ3) is 2.86. The van der Waals surface area contributed by atoms with Crippen LogP contribution in [0, 0.1) is 22.7 Å². The Hall–Kier alpha value is -0.420. The zero-order valence-electron chi connectivity index (χ0n) is 15.9. The monoisotopic (exact) mass is 340 g/mol. The standard InChI is InChI=1S/C20H36O4/c1-7-17(3,23)10-11-18(4)13(2)8-9-19(5)15(18)12-14(21)16(22)20(19,6)24/h7,13-16,21-24H,1,8-12H2,2-6H3. The molecule has 8 atom stereocenters. The normalized spacial score (nSPS) is 51.5. The quantitative estimate of drug-likeness (QED) is 0.593. The summed E-state index contributed by atoms with van der Waals surface area (Å²) in [5.74, 6) is 0.511. The molecule has 0 saturated heterocycles. The van der Waals surface area contributed by atoms with Crippen LogP contribution < -0.4 is 0 Å². The molecule has 24 heavy (non-hydrogen) atoms. The van der Waals surface area contributed by atoms with Crippen LogP contribution in [0.25, 0.3) is 0 Å². The van der Waals surface area contributed by atoms with Gasteiger partial charge in [-0.25, -0.2) is 0 Å². The van der Waals surface area contributed by atoms with Crippen LogP contribution >= 0.6 is 0 Å². The highest BCUT2D eigenvalue weighted by molar-refractivity contribution is 5.14. The molecule has 2 aliphatic carbocycles. The lowest BCUT2D eigenvalue weighted by atomic mass is 9.42. The molecule has 4 heteroatoms. The first-order valence-corrected chi connectivity index (χ1v) is 9.26. The van der Waals surface area contributed by atoms with Gasteiger partial charge in [-0.3, -0.25) is 0 Å². The third-order valence-electron chi connectivity index (χ3n) is 7.97. The summed E-state index contributed by atoms with van der Waals surface area (Å²) in [4.78, 5) is 0. The lowest BCUT2D eigenvalue weighted by molar-refractivity contribution is -0.264. The van der Waals surface area contributed by atoms with Gasteiger partial charge in [-0.1, -0.05) is 26.8 Å². The van der Waals surface area contributed by atoms with Crippen molar-refractivity contribution in [1.29, 1.82) is 0 Å². The van der Waals surface area contributed by atoms with E-state index in [0.717, 1.165) is 19.3 Å². The first-order chi connectivity index (χ1) is 10.8. The number of fused-ring (bicyclic) bond motifs is 1. The minimum absolute atomic E-state index is 0.0859. The molecule has 4 N–H and O–H groups in total. The number of rotatable bonds is 4. The Kier molecular flexibility index (Phi) is 5.04. The molecule has 0 spiro atoms. The molecule has 0 aromatic carbocycles. The highest BCUT2D eigenvalue weighted by atomic mass is 16.4. The predicted molar refractivity (Wildman–Crippen MR) is 95.4 cm³/mol. The lowest BCUT2D eigenvalue weighted by Crippen LogP contribution is -2.68. The molecule has 0 aliphatic heterocycles. The van der Waals surface area contributed by atoms with Gasteiger partial charge in [-0.2, -0.15) is 0 Å². The van der Waals surface area contributed by atoms with Crippen LogP contribution in [0.15, 0.2) is 12.7 Å². The van der Waals surface area contributed by atoms with Gasteiger partial charge < -0.3 is 20.4 Å². The van der Waals surface area contributed by atoms with Crippen molar-refractivity contribution in [2.24, 2.45) is 22.7 Å². The van der Waals surface area contributed by atoms with E-state index in [1.807, 2.05) is 0 Å². The van der Waals surface area contributed by atoms with Gasteiger partial charge in [0, 0.05) is 5.41 Å². The smallest absolute Gasteiger partial charge is 0.109 e. The van der Waals surface area contributed by atoms with E-state index in [1.54, 1.807) is 19.9 Å². The Morgan fingerprint density at radius 2 is 1.83 bits per heavy atom. The Labute approximate surface area is 146 Å². The fourth-order valence-corrected chi connectivity index (χ4v) is 5.35. The second-order valence-corrected chi connectivity index (χ2v) is 9.37. The number of hydrogen-bond acceptors (Lipinski definition) is 4. The van der Waals surface area contributed by atoms with Crippen LogP contribution in [0.1, 0.15) is 66.7 Å². The number of aliphatic hydroxyl groups is 4. The molecule has 2 rings (SSSR count). The second kappa shape index (κ2) is 6.08. The maximum Gasteiger partial charge on any atom is 0.109 e. The molecule has 140 valence electrons. The molecule has 2 saturated carbocycles. The molecule has 0 bridgehead atoms. The average molecular weight is 341 g/mol. The van der Waals surface area contributed by atoms with Gasteiger partial charge in [0.2, 0.25) is 0 Å². The van der Waals surface area contributed by atoms with Crippen LogP contribution in [0.4, 0.5) is 0 Å². The highest BCUT2D eigenvalue weighted by Gasteiger charge is 2.64. The van der Waals surface area contributed by atoms with Gasteiger partial charge in [0.1, 0.15) is 6.10 Å². The zero-order chi connectivity index (χ0) is 18.6. The molecule has 8 unspecified atom stereocenters. The van der Waals surface area contributed by atoms with E-state index in [-0.39, 0.29) is 11.3 Å². The topological polar surface area (TPSA) is 80.9 Å². The van der Waals surface area contributed by atoms with Crippen molar-refractivity contribution in [1.82, 2.24) is 0 Å². The van der Waals surface area contributed by atoms with Crippen molar-refractivity contribution < 1.29 is 20.4 Å². The van der Waals surface area contributed by atoms with E-state index in [2.05, 4.69) is 27.4 Å². The van der Waals surface area contributed by atoms with Crippen LogP contribution in [0.2, 0.25) is 0 Å². The Morgan fingerprint density at radius 1 is 1.25 bits per heavy atom. The fraction of sp³-hybridized carbons (Fsp3) is 0.900. The van der Waals surface area contributed by atoms with Crippen LogP contribution in [0.5, 0.6) is 0 Å². The maximum absolute atomic E-state index is 11.1. The molecule has 2 aliphatic rings. The molecule has 0 amide bonds. The molecular weight excluding hydrogens is 304 g/mol. The Bertz CT molecular complexity index is 486. The molecular formula is C20H36O4. The average Bonchev–Trinajstić information content (AvgIpc) is 2.51. The minimum atomic E-state index is -1.32. The third-order valence-corrected chi connectivity index (χ3v) is 7.97. The van der Waals surface area contributed by atoms with E-state index in [9.17, 15) is 20.4 Å². The van der Waals surface area contributed by atoms with Gasteiger partial charge in [-0.05, 0) is 63.2 Å². The largest absolute Gasteiger partial charge is 0.390 e. The van der Waals surface area contributed by atoms with Crippen LogP contribution in [-0.2, 0) is 0 Å². The molecule has 4 nitrogen and oxygen atoms in total. The summed E-state index contributed by atoms with van der Waals surface area (Å²) in [5.41, 5.74) is -2.80. The van der Waals surface area contributed by atoms with Gasteiger partial charge in [0.05, 0.1) is 17.3 Å². The molecule has 0 aromatic heterocycles. The van der Waals surface area contributed by atoms with E-state index in [0.29, 0.717) is 18.8 Å². The molecule has 0 radical (unpaired) electrons. The number of hydrogen-bond donors (Lipinski definition) is 4. The Morgan fingerprint density at radius 3 is 2.38 bits per heavy atom. The first kappa shape index (κ1) is 19.9. The first-order valence-electron chi connectivity index (χ1n) is 9.26. The van der Waals surface area contributed by atoms with Gasteiger partial charge in [0.25, 0.3) is 0 Å². The summed E-state index contributed by atoms with van der Waals surface area (Å²) < 4.78 is 0. The molecule has 0 heterocycles. The number of aliphatic hydroxyl groups excluding tert-OH is 2. The predicted octanol–water partition coefficient (Wildman–Crippen LogP) is 2.64. The van der Waals surface area contributed by atoms with E-state index in [1.165, 1.54) is 0 Å². The van der Waals surface area contributed by atoms with Gasteiger partial charge in [0.15, 0.2) is 0 Å². The van der Waals surface area contributed by atoms with E-state index in [4.69, 9.17) is 0 Å². The summed E-state index contributed by atoms with van der Waals surface area (Å²) in [6.45, 7) is 13.7. The van der Waals surface area contributed by atoms with Gasteiger partial charge in [-0.15, -0.1) is 6.58 Å². The zero-order valence-corrected chi connectivity index (χ0v) is 15.9. The minimum Gasteiger partial charge on any atom is -0.390 e. The van der Waals surface area contributed by atoms with Crippen LogP contribution in [-0.4, -0.2) is 43.8 Å². The van der Waals surface area contributed by atoms with E-state index < -0.39 is 28.8 Å². The van der Waals surface area contributed by atoms with Crippen molar-refractivity contribution in [3.05, 3.63) is 12.7 Å². The van der Waals surface area contributed by atoms with Crippen molar-refractivity contribution in [3.63, 3.8) is 0 Å². The lowest BCUT2D eigenvalue weighted by Gasteiger charge is -2.64. The maximum atomic E-state index is 11.1. The summed E-state index contributed by atoms with van der Waals surface area (Å²) >= 11 is 0. The van der Waals surface area contributed by atoms with Crippen molar-refractivity contribution >= 4 is 0 Å². The summed E-state index contributed by atoms with van der Waals surface area (Å²) in [7, 11) is 0. The fourth-order valence-electron chi connectivity index (χ4n) is 5.35. The van der Waals surface area contributed by atoms with E-state index >= 15 is 0 Å².